The molecule has 0 radical (unpaired) electrons. The van der Waals surface area contributed by atoms with Gasteiger partial charge in [-0.3, -0.25) is 0 Å². The summed E-state index contributed by atoms with van der Waals surface area (Å²) in [6.45, 7) is 2.13. The van der Waals surface area contributed by atoms with E-state index in [9.17, 15) is 3.44 Å². The second-order valence-corrected chi connectivity index (χ2v) is 6.71. The SMILES string of the molecule is OI1OC(=[N+]2CCCC2)c2ccccc21. The number of nitrogens with zero attached hydrogens (tertiary/aromatic N) is 1. The molecule has 0 bridgehead atoms. The quantitative estimate of drug-likeness (QED) is 0.584. The van der Waals surface area contributed by atoms with Gasteiger partial charge in [-0.05, 0) is 0 Å². The number of hydrogen-bond acceptors (Lipinski definition) is 2. The number of benzene rings is 1. The molecule has 0 aliphatic carbocycles. The summed E-state index contributed by atoms with van der Waals surface area (Å²) in [7, 11) is 0. The Bertz CT molecular complexity index is 422. The average molecular weight is 318 g/mol. The third kappa shape index (κ3) is 1.56. The van der Waals surface area contributed by atoms with Crippen molar-refractivity contribution in [3.63, 3.8) is 0 Å². The van der Waals surface area contributed by atoms with E-state index in [0.29, 0.717) is 0 Å². The average Bonchev–Trinajstić information content (AvgIpc) is 2.87. The molecule has 3 nitrogen and oxygen atoms in total. The van der Waals surface area contributed by atoms with Crippen molar-refractivity contribution in [2.75, 3.05) is 13.1 Å². The maximum absolute atomic E-state index is 9.90. The third-order valence-electron chi connectivity index (χ3n) is 2.82. The molecular weight excluding hydrogens is 305 g/mol. The van der Waals surface area contributed by atoms with E-state index in [1.807, 2.05) is 18.2 Å². The maximum atomic E-state index is 9.90. The van der Waals surface area contributed by atoms with Crippen LogP contribution in [0, 0.1) is 3.57 Å². The predicted molar refractivity (Wildman–Crippen MR) is 65.8 cm³/mol. The molecule has 1 aromatic carbocycles. The van der Waals surface area contributed by atoms with E-state index in [-0.39, 0.29) is 0 Å². The Kier molecular flexibility index (Phi) is 2.40. The van der Waals surface area contributed by atoms with Crippen LogP contribution in [0.1, 0.15) is 18.4 Å². The zero-order chi connectivity index (χ0) is 10.3. The molecule has 0 saturated carbocycles. The molecule has 0 unspecified atom stereocenters. The van der Waals surface area contributed by atoms with Crippen molar-refractivity contribution >= 4 is 26.5 Å². The third-order valence-corrected chi connectivity index (χ3v) is 5.59. The standard InChI is InChI=1S/C11H13INO2/c14-12-10-6-2-1-5-9(10)11(15-12)13-7-3-4-8-13/h1-2,5-6,14H,3-4,7-8H2/q+1. The molecule has 2 aliphatic rings. The van der Waals surface area contributed by atoms with Crippen LogP contribution < -0.4 is 0 Å². The van der Waals surface area contributed by atoms with Gasteiger partial charge in [-0.2, -0.15) is 0 Å². The molecule has 2 heterocycles. The summed E-state index contributed by atoms with van der Waals surface area (Å²) in [5, 5.41) is 0. The Labute approximate surface area is 96.9 Å². The number of rotatable bonds is 0. The molecule has 80 valence electrons. The molecule has 1 fully saturated rings. The van der Waals surface area contributed by atoms with E-state index in [4.69, 9.17) is 3.07 Å². The first kappa shape index (κ1) is 9.59. The van der Waals surface area contributed by atoms with E-state index < -0.39 is 20.6 Å². The van der Waals surface area contributed by atoms with Gasteiger partial charge < -0.3 is 0 Å². The van der Waals surface area contributed by atoms with Gasteiger partial charge in [0.05, 0.1) is 0 Å². The van der Waals surface area contributed by atoms with Crippen LogP contribution in [0.2, 0.25) is 0 Å². The van der Waals surface area contributed by atoms with Gasteiger partial charge in [-0.15, -0.1) is 0 Å². The van der Waals surface area contributed by atoms with Gasteiger partial charge in [0, 0.05) is 0 Å². The van der Waals surface area contributed by atoms with Crippen LogP contribution in [-0.4, -0.2) is 27.0 Å². The summed E-state index contributed by atoms with van der Waals surface area (Å²) in [4.78, 5) is 0. The second-order valence-electron chi connectivity index (χ2n) is 3.79. The Balaban J connectivity index is 2.11. The summed E-state index contributed by atoms with van der Waals surface area (Å²) in [6.07, 6.45) is 2.46. The van der Waals surface area contributed by atoms with Crippen molar-refractivity contribution in [1.29, 1.82) is 0 Å². The number of hydrogen-bond donors (Lipinski definition) is 1. The summed E-state index contributed by atoms with van der Waals surface area (Å²) in [5.41, 5.74) is 1.12. The number of fused-ring (bicyclic) bond motifs is 1. The minimum absolute atomic E-state index is 0.927. The van der Waals surface area contributed by atoms with Crippen molar-refractivity contribution in [3.8, 4) is 0 Å². The van der Waals surface area contributed by atoms with Gasteiger partial charge in [-0.1, -0.05) is 0 Å². The van der Waals surface area contributed by atoms with Crippen molar-refractivity contribution in [3.05, 3.63) is 33.4 Å². The summed E-state index contributed by atoms with van der Waals surface area (Å²) >= 11 is -2.31. The molecule has 0 aromatic heterocycles. The first-order valence-electron chi connectivity index (χ1n) is 5.15. The van der Waals surface area contributed by atoms with Crippen molar-refractivity contribution in [2.24, 2.45) is 0 Å². The van der Waals surface area contributed by atoms with Crippen LogP contribution in [0.4, 0.5) is 0 Å². The van der Waals surface area contributed by atoms with Gasteiger partial charge >= 0.3 is 97.0 Å². The van der Waals surface area contributed by atoms with E-state index in [2.05, 4.69) is 10.6 Å². The molecule has 4 heteroatoms. The summed E-state index contributed by atoms with van der Waals surface area (Å²) in [6, 6.07) is 8.02. The van der Waals surface area contributed by atoms with Crippen molar-refractivity contribution in [1.82, 2.24) is 0 Å². The fourth-order valence-corrected chi connectivity index (χ4v) is 4.64. The Hall–Kier alpha value is -0.620. The Morgan fingerprint density at radius 1 is 1.20 bits per heavy atom. The van der Waals surface area contributed by atoms with Crippen LogP contribution >= 0.6 is 20.6 Å². The molecule has 0 spiro atoms. The zero-order valence-corrected chi connectivity index (χ0v) is 10.5. The molecule has 0 atom stereocenters. The van der Waals surface area contributed by atoms with E-state index in [1.54, 1.807) is 0 Å². The molecule has 1 saturated heterocycles. The first-order chi connectivity index (χ1) is 7.36. The van der Waals surface area contributed by atoms with Gasteiger partial charge in [0.25, 0.3) is 0 Å². The predicted octanol–water partition coefficient (Wildman–Crippen LogP) is 1.77. The van der Waals surface area contributed by atoms with Crippen LogP contribution in [0.15, 0.2) is 24.3 Å². The van der Waals surface area contributed by atoms with Gasteiger partial charge in [0.2, 0.25) is 0 Å². The van der Waals surface area contributed by atoms with Crippen LogP contribution in [0.25, 0.3) is 0 Å². The Morgan fingerprint density at radius 3 is 2.73 bits per heavy atom. The van der Waals surface area contributed by atoms with E-state index in [0.717, 1.165) is 28.1 Å². The number of halogens is 1. The van der Waals surface area contributed by atoms with Gasteiger partial charge in [0.1, 0.15) is 0 Å². The topological polar surface area (TPSA) is 32.5 Å². The molecule has 0 amide bonds. The second kappa shape index (κ2) is 3.75. The normalized spacial score (nSPS) is 21.8. The molecule has 1 aromatic rings. The zero-order valence-electron chi connectivity index (χ0n) is 8.32. The van der Waals surface area contributed by atoms with Crippen molar-refractivity contribution < 1.29 is 11.1 Å². The summed E-state index contributed by atoms with van der Waals surface area (Å²) in [5.74, 6) is 0.927. The first-order valence-corrected chi connectivity index (χ1v) is 8.07. The van der Waals surface area contributed by atoms with Gasteiger partial charge in [0.15, 0.2) is 0 Å². The fourth-order valence-electron chi connectivity index (χ4n) is 2.07. The molecule has 15 heavy (non-hydrogen) atoms. The van der Waals surface area contributed by atoms with Crippen LogP contribution in [0.3, 0.4) is 0 Å². The van der Waals surface area contributed by atoms with E-state index in [1.165, 1.54) is 12.8 Å². The fraction of sp³-hybridized carbons (Fsp3) is 0.364. The van der Waals surface area contributed by atoms with Crippen LogP contribution in [-0.2, 0) is 3.07 Å². The molecular formula is C11H13INO2+. The summed E-state index contributed by atoms with van der Waals surface area (Å²) < 4.78 is 18.9. The van der Waals surface area contributed by atoms with Crippen LogP contribution in [0.5, 0.6) is 0 Å². The molecule has 2 aliphatic heterocycles. The van der Waals surface area contributed by atoms with Gasteiger partial charge in [-0.25, -0.2) is 0 Å². The Morgan fingerprint density at radius 2 is 1.93 bits per heavy atom. The minimum atomic E-state index is -2.31. The molecule has 3 rings (SSSR count). The van der Waals surface area contributed by atoms with E-state index >= 15 is 0 Å². The monoisotopic (exact) mass is 318 g/mol. The molecule has 1 N–H and O–H groups in total. The van der Waals surface area contributed by atoms with Crippen molar-refractivity contribution in [2.45, 2.75) is 12.8 Å².